The van der Waals surface area contributed by atoms with Gasteiger partial charge in [-0.05, 0) is 37.3 Å². The molecule has 0 aliphatic carbocycles. The van der Waals surface area contributed by atoms with Gasteiger partial charge in [0.2, 0.25) is 0 Å². The van der Waals surface area contributed by atoms with Crippen LogP contribution in [0.2, 0.25) is 5.02 Å². The average Bonchev–Trinajstić information content (AvgIpc) is 2.46. The van der Waals surface area contributed by atoms with Gasteiger partial charge in [0.05, 0.1) is 11.6 Å². The summed E-state index contributed by atoms with van der Waals surface area (Å²) < 4.78 is 10.2. The molecule has 0 saturated carbocycles. The first kappa shape index (κ1) is 18.5. The zero-order valence-electron chi connectivity index (χ0n) is 13.1. The second kappa shape index (κ2) is 10.2. The minimum Gasteiger partial charge on any atom is -0.466 e. The largest absolute Gasteiger partial charge is 0.466 e. The van der Waals surface area contributed by atoms with E-state index in [0.717, 1.165) is 12.8 Å². The van der Waals surface area contributed by atoms with E-state index in [1.165, 1.54) is 0 Å². The topological polar surface area (TPSA) is 52.6 Å². The number of ether oxygens (including phenoxy) is 2. The van der Waals surface area contributed by atoms with Gasteiger partial charge in [-0.3, -0.25) is 9.59 Å². The van der Waals surface area contributed by atoms with Crippen molar-refractivity contribution in [2.75, 3.05) is 6.61 Å². The summed E-state index contributed by atoms with van der Waals surface area (Å²) in [4.78, 5) is 23.1. The molecule has 0 saturated heterocycles. The fourth-order valence-electron chi connectivity index (χ4n) is 1.83. The second-order valence-electron chi connectivity index (χ2n) is 5.51. The quantitative estimate of drug-likeness (QED) is 0.383. The summed E-state index contributed by atoms with van der Waals surface area (Å²) in [5.41, 5.74) is 0. The number of carbonyl (C=O) groups excluding carboxylic acids is 2. The van der Waals surface area contributed by atoms with Crippen LogP contribution in [-0.2, 0) is 14.3 Å². The summed E-state index contributed by atoms with van der Waals surface area (Å²) in [5.74, 6) is 0.277. The van der Waals surface area contributed by atoms with Crippen molar-refractivity contribution < 1.29 is 19.1 Å². The highest BCUT2D eigenvalue weighted by atomic mass is 35.5. The van der Waals surface area contributed by atoms with Gasteiger partial charge in [-0.25, -0.2) is 0 Å². The highest BCUT2D eigenvalue weighted by Crippen LogP contribution is 2.23. The lowest BCUT2D eigenvalue weighted by Gasteiger charge is -2.07. The Morgan fingerprint density at radius 2 is 1.77 bits per heavy atom. The Bertz CT molecular complexity index is 485. The number of carbonyl (C=O) groups is 2. The van der Waals surface area contributed by atoms with Crippen LogP contribution >= 0.6 is 11.6 Å². The molecule has 0 amide bonds. The van der Waals surface area contributed by atoms with Crippen molar-refractivity contribution in [1.29, 1.82) is 0 Å². The molecule has 0 atom stereocenters. The molecule has 5 heteroatoms. The van der Waals surface area contributed by atoms with Crippen molar-refractivity contribution >= 4 is 23.5 Å². The number of benzene rings is 1. The van der Waals surface area contributed by atoms with E-state index < -0.39 is 5.97 Å². The monoisotopic (exact) mass is 326 g/mol. The van der Waals surface area contributed by atoms with Crippen molar-refractivity contribution in [3.63, 3.8) is 0 Å². The van der Waals surface area contributed by atoms with E-state index in [1.54, 1.807) is 24.3 Å². The predicted molar refractivity (Wildman–Crippen MR) is 86.0 cm³/mol. The summed E-state index contributed by atoms with van der Waals surface area (Å²) in [6.45, 7) is 4.71. The summed E-state index contributed by atoms with van der Waals surface area (Å²) in [5, 5.41) is 0.389. The molecule has 1 aromatic rings. The van der Waals surface area contributed by atoms with Gasteiger partial charge in [0.1, 0.15) is 5.75 Å². The summed E-state index contributed by atoms with van der Waals surface area (Å²) in [6, 6.07) is 6.78. The number of rotatable bonds is 9. The number of halogens is 1. The van der Waals surface area contributed by atoms with Crippen molar-refractivity contribution in [3.8, 4) is 5.75 Å². The van der Waals surface area contributed by atoms with Gasteiger partial charge in [0.15, 0.2) is 0 Å². The first-order chi connectivity index (χ1) is 10.5. The van der Waals surface area contributed by atoms with E-state index in [-0.39, 0.29) is 18.8 Å². The van der Waals surface area contributed by atoms with Gasteiger partial charge in [0.25, 0.3) is 0 Å². The first-order valence-corrected chi connectivity index (χ1v) is 7.97. The normalized spacial score (nSPS) is 10.5. The maximum atomic E-state index is 11.6. The Hall–Kier alpha value is -1.55. The van der Waals surface area contributed by atoms with E-state index >= 15 is 0 Å². The van der Waals surface area contributed by atoms with Gasteiger partial charge >= 0.3 is 11.9 Å². The second-order valence-corrected chi connectivity index (χ2v) is 5.92. The third-order valence-electron chi connectivity index (χ3n) is 3.01. The standard InChI is InChI=1S/C17H23ClO4/c1-13(2)7-6-12-21-16(19)10-5-11-17(20)22-15-9-4-3-8-14(15)18/h3-4,8-9,13H,5-7,10-12H2,1-2H3. The summed E-state index contributed by atoms with van der Waals surface area (Å²) in [7, 11) is 0. The molecule has 0 N–H and O–H groups in total. The Morgan fingerprint density at radius 3 is 2.45 bits per heavy atom. The number of esters is 2. The van der Waals surface area contributed by atoms with Crippen LogP contribution in [-0.4, -0.2) is 18.5 Å². The molecule has 0 fully saturated rings. The van der Waals surface area contributed by atoms with Crippen molar-refractivity contribution in [1.82, 2.24) is 0 Å². The molecule has 0 heterocycles. The van der Waals surface area contributed by atoms with Crippen molar-refractivity contribution in [3.05, 3.63) is 29.3 Å². The van der Waals surface area contributed by atoms with E-state index in [1.807, 2.05) is 0 Å². The van der Waals surface area contributed by atoms with Gasteiger partial charge in [-0.2, -0.15) is 0 Å². The fourth-order valence-corrected chi connectivity index (χ4v) is 2.00. The molecule has 0 spiro atoms. The molecule has 22 heavy (non-hydrogen) atoms. The third-order valence-corrected chi connectivity index (χ3v) is 3.32. The van der Waals surface area contributed by atoms with E-state index in [4.69, 9.17) is 21.1 Å². The van der Waals surface area contributed by atoms with Crippen LogP contribution in [0.5, 0.6) is 5.75 Å². The van der Waals surface area contributed by atoms with E-state index in [9.17, 15) is 9.59 Å². The molecular formula is C17H23ClO4. The van der Waals surface area contributed by atoms with Crippen LogP contribution in [0.25, 0.3) is 0 Å². The molecule has 0 aliphatic rings. The van der Waals surface area contributed by atoms with Crippen LogP contribution < -0.4 is 4.74 Å². The highest BCUT2D eigenvalue weighted by molar-refractivity contribution is 6.32. The molecule has 0 aromatic heterocycles. The first-order valence-electron chi connectivity index (χ1n) is 7.60. The molecule has 0 aliphatic heterocycles. The van der Waals surface area contributed by atoms with Crippen LogP contribution in [0.1, 0.15) is 46.0 Å². The van der Waals surface area contributed by atoms with Gasteiger partial charge in [-0.15, -0.1) is 0 Å². The molecule has 1 rings (SSSR count). The minimum atomic E-state index is -0.402. The van der Waals surface area contributed by atoms with Gasteiger partial charge in [-0.1, -0.05) is 37.6 Å². The minimum absolute atomic E-state index is 0.159. The molecule has 0 radical (unpaired) electrons. The van der Waals surface area contributed by atoms with Crippen LogP contribution in [0.3, 0.4) is 0 Å². The Kier molecular flexibility index (Phi) is 8.60. The van der Waals surface area contributed by atoms with Crippen LogP contribution in [0.4, 0.5) is 0 Å². The average molecular weight is 327 g/mol. The molecule has 122 valence electrons. The SMILES string of the molecule is CC(C)CCCOC(=O)CCCC(=O)Oc1ccccc1Cl. The molecular weight excluding hydrogens is 304 g/mol. The van der Waals surface area contributed by atoms with Gasteiger partial charge < -0.3 is 9.47 Å². The van der Waals surface area contributed by atoms with E-state index in [2.05, 4.69) is 13.8 Å². The van der Waals surface area contributed by atoms with Gasteiger partial charge in [0, 0.05) is 12.8 Å². The smallest absolute Gasteiger partial charge is 0.311 e. The maximum Gasteiger partial charge on any atom is 0.311 e. The summed E-state index contributed by atoms with van der Waals surface area (Å²) in [6.07, 6.45) is 2.70. The lowest BCUT2D eigenvalue weighted by atomic mass is 10.1. The fraction of sp³-hybridized carbons (Fsp3) is 0.529. The van der Waals surface area contributed by atoms with Crippen LogP contribution in [0.15, 0.2) is 24.3 Å². The van der Waals surface area contributed by atoms with Crippen LogP contribution in [0, 0.1) is 5.92 Å². The lowest BCUT2D eigenvalue weighted by Crippen LogP contribution is -2.11. The molecule has 1 aromatic carbocycles. The number of para-hydroxylation sites is 1. The molecule has 0 unspecified atom stereocenters. The Balaban J connectivity index is 2.14. The molecule has 0 bridgehead atoms. The third kappa shape index (κ3) is 8.03. The van der Waals surface area contributed by atoms with E-state index in [0.29, 0.717) is 29.7 Å². The number of hydrogen-bond acceptors (Lipinski definition) is 4. The zero-order chi connectivity index (χ0) is 16.4. The summed E-state index contributed by atoms with van der Waals surface area (Å²) >= 11 is 5.89. The predicted octanol–water partition coefficient (Wildman–Crippen LogP) is 4.40. The Labute approximate surface area is 136 Å². The lowest BCUT2D eigenvalue weighted by molar-refractivity contribution is -0.144. The zero-order valence-corrected chi connectivity index (χ0v) is 13.9. The Morgan fingerprint density at radius 1 is 1.09 bits per heavy atom. The highest BCUT2D eigenvalue weighted by Gasteiger charge is 2.10. The van der Waals surface area contributed by atoms with Crippen molar-refractivity contribution in [2.24, 2.45) is 5.92 Å². The maximum absolute atomic E-state index is 11.6. The number of hydrogen-bond donors (Lipinski definition) is 0. The van der Waals surface area contributed by atoms with Crippen molar-refractivity contribution in [2.45, 2.75) is 46.0 Å². The molecule has 4 nitrogen and oxygen atoms in total.